The van der Waals surface area contributed by atoms with Crippen molar-refractivity contribution in [2.24, 2.45) is 10.8 Å². The summed E-state index contributed by atoms with van der Waals surface area (Å²) in [5.74, 6) is -1.53. The van der Waals surface area contributed by atoms with E-state index in [0.29, 0.717) is 64.2 Å². The van der Waals surface area contributed by atoms with Gasteiger partial charge in [0, 0.05) is 0 Å². The minimum atomic E-state index is -4.09. The summed E-state index contributed by atoms with van der Waals surface area (Å²) in [5, 5.41) is 18.1. The number of carboxylic acids is 2. The first-order valence-corrected chi connectivity index (χ1v) is 10.3. The number of hydrogen-bond acceptors (Lipinski definition) is 5. The van der Waals surface area contributed by atoms with Gasteiger partial charge in [-0.15, -0.1) is 0 Å². The zero-order chi connectivity index (χ0) is 18.6. The third-order valence-electron chi connectivity index (χ3n) is 5.22. The van der Waals surface area contributed by atoms with E-state index in [4.69, 9.17) is 19.3 Å². The van der Waals surface area contributed by atoms with Crippen molar-refractivity contribution < 1.29 is 38.3 Å². The molecule has 0 saturated heterocycles. The van der Waals surface area contributed by atoms with Crippen LogP contribution in [-0.2, 0) is 23.2 Å². The van der Waals surface area contributed by atoms with Gasteiger partial charge in [-0.1, -0.05) is 12.8 Å². The maximum Gasteiger partial charge on any atom is 0.472 e. The maximum absolute atomic E-state index is 11.7. The van der Waals surface area contributed by atoms with Gasteiger partial charge in [0.2, 0.25) is 0 Å². The number of rotatable bonds is 14. The zero-order valence-electron chi connectivity index (χ0n) is 14.3. The highest BCUT2D eigenvalue weighted by molar-refractivity contribution is 7.47. The Morgan fingerprint density at radius 1 is 0.800 bits per heavy atom. The average Bonchev–Trinajstić information content (AvgIpc) is 3.41. The first kappa shape index (κ1) is 20.4. The molecule has 0 radical (unpaired) electrons. The van der Waals surface area contributed by atoms with Gasteiger partial charge in [-0.2, -0.15) is 0 Å². The van der Waals surface area contributed by atoms with E-state index in [-0.39, 0.29) is 13.2 Å². The van der Waals surface area contributed by atoms with Crippen molar-refractivity contribution >= 4 is 19.8 Å². The summed E-state index contributed by atoms with van der Waals surface area (Å²) in [5.41, 5.74) is -1.15. The van der Waals surface area contributed by atoms with Crippen molar-refractivity contribution in [1.29, 1.82) is 0 Å². The Morgan fingerprint density at radius 3 is 1.44 bits per heavy atom. The summed E-state index contributed by atoms with van der Waals surface area (Å²) in [6.07, 6.45) is 6.20. The van der Waals surface area contributed by atoms with Crippen LogP contribution in [0.25, 0.3) is 0 Å². The molecule has 2 aliphatic rings. The molecule has 2 rings (SSSR count). The number of unbranched alkanes of at least 4 members (excludes halogenated alkanes) is 2. The van der Waals surface area contributed by atoms with Gasteiger partial charge >= 0.3 is 19.8 Å². The smallest absolute Gasteiger partial charge is 0.472 e. The molecule has 9 heteroatoms. The summed E-state index contributed by atoms with van der Waals surface area (Å²) in [6, 6.07) is 0. The van der Waals surface area contributed by atoms with Crippen LogP contribution < -0.4 is 0 Å². The van der Waals surface area contributed by atoms with Crippen LogP contribution in [0, 0.1) is 10.8 Å². The third kappa shape index (κ3) is 6.06. The van der Waals surface area contributed by atoms with Crippen molar-refractivity contribution in [2.45, 2.75) is 64.2 Å². The van der Waals surface area contributed by atoms with E-state index < -0.39 is 30.6 Å². The van der Waals surface area contributed by atoms with Gasteiger partial charge in [-0.3, -0.25) is 18.6 Å². The minimum absolute atomic E-state index is 0.0472. The second-order valence-electron chi connectivity index (χ2n) is 7.22. The van der Waals surface area contributed by atoms with Crippen LogP contribution in [0.1, 0.15) is 64.2 Å². The summed E-state index contributed by atoms with van der Waals surface area (Å²) in [7, 11) is -4.09. The molecule has 0 aliphatic heterocycles. The monoisotopic (exact) mass is 378 g/mol. The Morgan fingerprint density at radius 2 is 1.16 bits per heavy atom. The first-order chi connectivity index (χ1) is 11.7. The molecule has 2 aliphatic carbocycles. The van der Waals surface area contributed by atoms with Gasteiger partial charge in [0.15, 0.2) is 0 Å². The lowest BCUT2D eigenvalue weighted by molar-refractivity contribution is -0.144. The molecule has 2 fully saturated rings. The van der Waals surface area contributed by atoms with Gasteiger partial charge in [0.05, 0.1) is 24.0 Å². The molecule has 0 unspecified atom stereocenters. The van der Waals surface area contributed by atoms with Gasteiger partial charge in [-0.05, 0) is 51.4 Å². The van der Waals surface area contributed by atoms with E-state index in [1.54, 1.807) is 0 Å². The van der Waals surface area contributed by atoms with Crippen LogP contribution >= 0.6 is 7.82 Å². The highest BCUT2D eigenvalue weighted by Gasteiger charge is 2.49. The third-order valence-corrected chi connectivity index (χ3v) is 6.24. The molecule has 25 heavy (non-hydrogen) atoms. The quantitative estimate of drug-likeness (QED) is 0.310. The summed E-state index contributed by atoms with van der Waals surface area (Å²) in [6.45, 7) is 0.0944. The molecule has 0 amide bonds. The Hall–Kier alpha value is -0.950. The van der Waals surface area contributed by atoms with E-state index in [1.165, 1.54) is 0 Å². The molecular formula is C16H27O8P. The molecule has 3 N–H and O–H groups in total. The first-order valence-electron chi connectivity index (χ1n) is 8.80. The Labute approximate surface area is 147 Å². The van der Waals surface area contributed by atoms with Crippen molar-refractivity contribution in [2.75, 3.05) is 13.2 Å². The highest BCUT2D eigenvalue weighted by atomic mass is 31.2. The number of hydrogen-bond donors (Lipinski definition) is 3. The molecular weight excluding hydrogens is 351 g/mol. The van der Waals surface area contributed by atoms with Gasteiger partial charge in [0.25, 0.3) is 0 Å². The Kier molecular flexibility index (Phi) is 6.65. The molecule has 144 valence electrons. The zero-order valence-corrected chi connectivity index (χ0v) is 15.2. The topological polar surface area (TPSA) is 130 Å². The normalized spacial score (nSPS) is 20.2. The van der Waals surface area contributed by atoms with Crippen LogP contribution in [0.5, 0.6) is 0 Å². The fourth-order valence-electron chi connectivity index (χ4n) is 2.97. The molecule has 8 nitrogen and oxygen atoms in total. The molecule has 0 aromatic carbocycles. The van der Waals surface area contributed by atoms with Gasteiger partial charge < -0.3 is 15.1 Å². The predicted octanol–water partition coefficient (Wildman–Crippen LogP) is 3.19. The van der Waals surface area contributed by atoms with E-state index in [2.05, 4.69) is 0 Å². The van der Waals surface area contributed by atoms with Crippen molar-refractivity contribution in [3.63, 3.8) is 0 Å². The number of phosphoric acid groups is 1. The number of aliphatic carboxylic acids is 2. The van der Waals surface area contributed by atoms with Crippen molar-refractivity contribution in [3.05, 3.63) is 0 Å². The lowest BCUT2D eigenvalue weighted by atomic mass is 10.00. The Bertz CT molecular complexity index is 494. The summed E-state index contributed by atoms with van der Waals surface area (Å²) < 4.78 is 21.4. The molecule has 0 heterocycles. The molecule has 0 aromatic rings. The van der Waals surface area contributed by atoms with Crippen LogP contribution in [-0.4, -0.2) is 40.3 Å². The van der Waals surface area contributed by atoms with Crippen LogP contribution in [0.3, 0.4) is 0 Å². The Balaban J connectivity index is 1.49. The van der Waals surface area contributed by atoms with Gasteiger partial charge in [0.1, 0.15) is 0 Å². The minimum Gasteiger partial charge on any atom is -0.481 e. The highest BCUT2D eigenvalue weighted by Crippen LogP contribution is 2.51. The molecule has 0 spiro atoms. The van der Waals surface area contributed by atoms with Crippen LogP contribution in [0.2, 0.25) is 0 Å². The second-order valence-corrected chi connectivity index (χ2v) is 8.67. The molecule has 0 bridgehead atoms. The summed E-state index contributed by atoms with van der Waals surface area (Å²) >= 11 is 0. The molecule has 0 aromatic heterocycles. The van der Waals surface area contributed by atoms with E-state index in [1.807, 2.05) is 0 Å². The van der Waals surface area contributed by atoms with E-state index >= 15 is 0 Å². The SMILES string of the molecule is O=C(O)C1(CCCCOP(=O)(O)OCCCCC2(C(=O)O)CC2)CC1. The van der Waals surface area contributed by atoms with E-state index in [9.17, 15) is 19.0 Å². The number of carbonyl (C=O) groups is 2. The van der Waals surface area contributed by atoms with Crippen LogP contribution in [0.4, 0.5) is 0 Å². The molecule has 2 saturated carbocycles. The maximum atomic E-state index is 11.7. The average molecular weight is 378 g/mol. The van der Waals surface area contributed by atoms with Crippen LogP contribution in [0.15, 0.2) is 0 Å². The fraction of sp³-hybridized carbons (Fsp3) is 0.875. The van der Waals surface area contributed by atoms with Crippen molar-refractivity contribution in [3.8, 4) is 0 Å². The predicted molar refractivity (Wildman–Crippen MR) is 88.0 cm³/mol. The standard InChI is InChI=1S/C16H27O8P/c17-13(18)15(7-8-15)5-1-3-11-23-25(21,22)24-12-4-2-6-16(9-10-16)14(19)20/h1-12H2,(H,17,18)(H,19,20)(H,21,22). The number of phosphoric ester groups is 1. The lowest BCUT2D eigenvalue weighted by Gasteiger charge is -2.13. The molecule has 0 atom stereocenters. The van der Waals surface area contributed by atoms with E-state index in [0.717, 1.165) is 0 Å². The fourth-order valence-corrected chi connectivity index (χ4v) is 3.77. The number of carboxylic acid groups (broad SMARTS) is 2. The largest absolute Gasteiger partial charge is 0.481 e. The summed E-state index contributed by atoms with van der Waals surface area (Å²) in [4.78, 5) is 31.6. The lowest BCUT2D eigenvalue weighted by Crippen LogP contribution is -2.14. The second kappa shape index (κ2) is 8.16. The van der Waals surface area contributed by atoms with Crippen molar-refractivity contribution in [1.82, 2.24) is 0 Å². The van der Waals surface area contributed by atoms with Gasteiger partial charge in [-0.25, -0.2) is 4.57 Å².